The molecule has 0 atom stereocenters. The fourth-order valence-corrected chi connectivity index (χ4v) is 4.28. The van der Waals surface area contributed by atoms with Crippen molar-refractivity contribution >= 4 is 40.0 Å². The van der Waals surface area contributed by atoms with Gasteiger partial charge in [-0.3, -0.25) is 4.79 Å². The SMILES string of the molecule is O=C(Nc1ccc(-c2nccs2)cc1)C1CCN(c2nc3ccccc3o2)CC1. The number of nitrogens with zero attached hydrogens (tertiary/aromatic N) is 3. The normalized spacial score (nSPS) is 15.0. The molecule has 1 aliphatic rings. The number of amides is 1. The first kappa shape index (κ1) is 17.9. The number of thiazole rings is 1. The molecule has 4 aromatic rings. The van der Waals surface area contributed by atoms with Crippen LogP contribution in [0.1, 0.15) is 12.8 Å². The van der Waals surface area contributed by atoms with E-state index in [9.17, 15) is 4.79 Å². The molecule has 1 amide bonds. The van der Waals surface area contributed by atoms with Crippen LogP contribution >= 0.6 is 11.3 Å². The predicted octanol–water partition coefficient (Wildman–Crippen LogP) is 4.81. The van der Waals surface area contributed by atoms with Crippen molar-refractivity contribution in [3.05, 3.63) is 60.1 Å². The molecule has 1 fully saturated rings. The molecule has 2 aromatic heterocycles. The lowest BCUT2D eigenvalue weighted by Gasteiger charge is -2.30. The number of aromatic nitrogens is 2. The van der Waals surface area contributed by atoms with Crippen LogP contribution in [0, 0.1) is 5.92 Å². The number of rotatable bonds is 4. The first-order valence-electron chi connectivity index (χ1n) is 9.67. The topological polar surface area (TPSA) is 71.3 Å². The second kappa shape index (κ2) is 7.67. The summed E-state index contributed by atoms with van der Waals surface area (Å²) in [6.45, 7) is 1.52. The summed E-state index contributed by atoms with van der Waals surface area (Å²) in [7, 11) is 0. The van der Waals surface area contributed by atoms with E-state index < -0.39 is 0 Å². The lowest BCUT2D eigenvalue weighted by Crippen LogP contribution is -2.38. The summed E-state index contributed by atoms with van der Waals surface area (Å²) in [4.78, 5) is 23.7. The van der Waals surface area contributed by atoms with Gasteiger partial charge in [0, 0.05) is 41.8 Å². The van der Waals surface area contributed by atoms with Crippen LogP contribution in [-0.4, -0.2) is 29.0 Å². The smallest absolute Gasteiger partial charge is 0.298 e. The Kier molecular flexibility index (Phi) is 4.73. The standard InChI is InChI=1S/C22H20N4O2S/c27-20(24-17-7-5-16(6-8-17)21-23-11-14-29-21)15-9-12-26(13-10-15)22-25-18-3-1-2-4-19(18)28-22/h1-8,11,14-15H,9-10,12-13H2,(H,24,27). The lowest BCUT2D eigenvalue weighted by atomic mass is 9.96. The summed E-state index contributed by atoms with van der Waals surface area (Å²) < 4.78 is 5.85. The van der Waals surface area contributed by atoms with Crippen LogP contribution in [0.5, 0.6) is 0 Å². The molecule has 1 aliphatic heterocycles. The monoisotopic (exact) mass is 404 g/mol. The third-order valence-corrected chi connectivity index (χ3v) is 6.07. The average molecular weight is 404 g/mol. The highest BCUT2D eigenvalue weighted by atomic mass is 32.1. The van der Waals surface area contributed by atoms with Gasteiger partial charge in [0.05, 0.1) is 0 Å². The maximum Gasteiger partial charge on any atom is 0.298 e. The van der Waals surface area contributed by atoms with Gasteiger partial charge in [0.2, 0.25) is 5.91 Å². The van der Waals surface area contributed by atoms with Gasteiger partial charge in [0.1, 0.15) is 10.5 Å². The molecule has 0 aliphatic carbocycles. The Balaban J connectivity index is 1.19. The van der Waals surface area contributed by atoms with Gasteiger partial charge < -0.3 is 14.6 Å². The lowest BCUT2D eigenvalue weighted by molar-refractivity contribution is -0.120. The molecule has 0 saturated carbocycles. The fourth-order valence-electron chi connectivity index (χ4n) is 3.63. The van der Waals surface area contributed by atoms with Gasteiger partial charge in [0.15, 0.2) is 5.58 Å². The van der Waals surface area contributed by atoms with Gasteiger partial charge in [-0.25, -0.2) is 4.98 Å². The number of carbonyl (C=O) groups is 1. The zero-order valence-corrected chi connectivity index (χ0v) is 16.6. The third kappa shape index (κ3) is 3.73. The van der Waals surface area contributed by atoms with Gasteiger partial charge in [-0.05, 0) is 49.2 Å². The third-order valence-electron chi connectivity index (χ3n) is 5.25. The minimum atomic E-state index is -0.00531. The van der Waals surface area contributed by atoms with Crippen molar-refractivity contribution in [3.8, 4) is 10.6 Å². The van der Waals surface area contributed by atoms with Crippen LogP contribution in [-0.2, 0) is 4.79 Å². The Morgan fingerprint density at radius 2 is 1.90 bits per heavy atom. The Morgan fingerprint density at radius 1 is 1.10 bits per heavy atom. The predicted molar refractivity (Wildman–Crippen MR) is 115 cm³/mol. The van der Waals surface area contributed by atoms with Crippen LogP contribution in [0.3, 0.4) is 0 Å². The Labute approximate surface area is 172 Å². The van der Waals surface area contributed by atoms with E-state index in [0.29, 0.717) is 6.01 Å². The number of carbonyl (C=O) groups excluding carboxylic acids is 1. The second-order valence-electron chi connectivity index (χ2n) is 7.13. The molecular formula is C22H20N4O2S. The van der Waals surface area contributed by atoms with E-state index in [-0.39, 0.29) is 11.8 Å². The Hall–Kier alpha value is -3.19. The highest BCUT2D eigenvalue weighted by molar-refractivity contribution is 7.13. The summed E-state index contributed by atoms with van der Waals surface area (Å²) in [6.07, 6.45) is 3.35. The molecule has 1 saturated heterocycles. The number of anilines is 2. The molecule has 3 heterocycles. The van der Waals surface area contributed by atoms with E-state index in [1.165, 1.54) is 0 Å². The second-order valence-corrected chi connectivity index (χ2v) is 8.02. The number of piperidine rings is 1. The number of fused-ring (bicyclic) bond motifs is 1. The summed E-state index contributed by atoms with van der Waals surface area (Å²) in [5.74, 6) is 0.0680. The maximum absolute atomic E-state index is 12.7. The maximum atomic E-state index is 12.7. The summed E-state index contributed by atoms with van der Waals surface area (Å²) in [6, 6.07) is 16.3. The van der Waals surface area contributed by atoms with E-state index in [1.54, 1.807) is 17.5 Å². The molecule has 5 rings (SSSR count). The number of benzene rings is 2. The van der Waals surface area contributed by atoms with E-state index in [4.69, 9.17) is 4.42 Å². The van der Waals surface area contributed by atoms with E-state index >= 15 is 0 Å². The van der Waals surface area contributed by atoms with Gasteiger partial charge in [-0.2, -0.15) is 4.98 Å². The number of para-hydroxylation sites is 2. The van der Waals surface area contributed by atoms with Crippen molar-refractivity contribution in [1.82, 2.24) is 9.97 Å². The molecular weight excluding hydrogens is 384 g/mol. The van der Waals surface area contributed by atoms with Crippen LogP contribution < -0.4 is 10.2 Å². The molecule has 29 heavy (non-hydrogen) atoms. The zero-order chi connectivity index (χ0) is 19.6. The van der Waals surface area contributed by atoms with Crippen LogP contribution in [0.2, 0.25) is 0 Å². The molecule has 0 radical (unpaired) electrons. The van der Waals surface area contributed by atoms with Crippen LogP contribution in [0.15, 0.2) is 64.5 Å². The number of nitrogens with one attached hydrogen (secondary N) is 1. The largest absolute Gasteiger partial charge is 0.423 e. The molecule has 1 N–H and O–H groups in total. The van der Waals surface area contributed by atoms with Crippen molar-refractivity contribution in [2.75, 3.05) is 23.3 Å². The van der Waals surface area contributed by atoms with Gasteiger partial charge in [-0.15, -0.1) is 11.3 Å². The Bertz CT molecular complexity index is 1080. The van der Waals surface area contributed by atoms with Crippen molar-refractivity contribution in [1.29, 1.82) is 0 Å². The van der Waals surface area contributed by atoms with Crippen molar-refractivity contribution in [2.45, 2.75) is 12.8 Å². The highest BCUT2D eigenvalue weighted by Crippen LogP contribution is 2.28. The first-order chi connectivity index (χ1) is 14.3. The minimum Gasteiger partial charge on any atom is -0.423 e. The highest BCUT2D eigenvalue weighted by Gasteiger charge is 2.27. The summed E-state index contributed by atoms with van der Waals surface area (Å²) in [5, 5.41) is 5.98. The van der Waals surface area contributed by atoms with Crippen molar-refractivity contribution in [2.24, 2.45) is 5.92 Å². The van der Waals surface area contributed by atoms with Crippen molar-refractivity contribution in [3.63, 3.8) is 0 Å². The summed E-state index contributed by atoms with van der Waals surface area (Å²) >= 11 is 1.60. The van der Waals surface area contributed by atoms with Gasteiger partial charge in [0.25, 0.3) is 6.01 Å². The molecule has 0 bridgehead atoms. The van der Waals surface area contributed by atoms with Gasteiger partial charge >= 0.3 is 0 Å². The molecule has 6 nitrogen and oxygen atoms in total. The summed E-state index contributed by atoms with van der Waals surface area (Å²) in [5.41, 5.74) is 3.54. The van der Waals surface area contributed by atoms with Crippen LogP contribution in [0.4, 0.5) is 11.7 Å². The first-order valence-corrected chi connectivity index (χ1v) is 10.6. The van der Waals surface area contributed by atoms with E-state index in [0.717, 1.165) is 53.3 Å². The molecule has 2 aromatic carbocycles. The van der Waals surface area contributed by atoms with E-state index in [1.807, 2.05) is 53.9 Å². The van der Waals surface area contributed by atoms with E-state index in [2.05, 4.69) is 20.2 Å². The van der Waals surface area contributed by atoms with Crippen LogP contribution in [0.25, 0.3) is 21.7 Å². The van der Waals surface area contributed by atoms with Crippen molar-refractivity contribution < 1.29 is 9.21 Å². The molecule has 7 heteroatoms. The number of hydrogen-bond acceptors (Lipinski definition) is 6. The quantitative estimate of drug-likeness (QED) is 0.529. The fraction of sp³-hybridized carbons (Fsp3) is 0.227. The number of hydrogen-bond donors (Lipinski definition) is 1. The number of oxazole rings is 1. The zero-order valence-electron chi connectivity index (χ0n) is 15.7. The molecule has 0 unspecified atom stereocenters. The van der Waals surface area contributed by atoms with Gasteiger partial charge in [-0.1, -0.05) is 12.1 Å². The Morgan fingerprint density at radius 3 is 2.62 bits per heavy atom. The average Bonchev–Trinajstić information content (AvgIpc) is 3.44. The minimum absolute atomic E-state index is 0.00531. The molecule has 0 spiro atoms. The molecule has 146 valence electrons.